The van der Waals surface area contributed by atoms with Crippen LogP contribution in [0.1, 0.15) is 31.7 Å². The molecule has 8 heteroatoms. The zero-order valence-corrected chi connectivity index (χ0v) is 14.5. The van der Waals surface area contributed by atoms with Gasteiger partial charge in [0.2, 0.25) is 5.91 Å². The van der Waals surface area contributed by atoms with Gasteiger partial charge >= 0.3 is 6.18 Å². The molecule has 0 unspecified atom stereocenters. The fourth-order valence-electron chi connectivity index (χ4n) is 2.91. The fourth-order valence-corrected chi connectivity index (χ4v) is 3.20. The first kappa shape index (κ1) is 18.8. The van der Waals surface area contributed by atoms with E-state index in [1.165, 1.54) is 0 Å². The molecular formula is C16H21ClF3N3O. The van der Waals surface area contributed by atoms with Gasteiger partial charge in [0, 0.05) is 38.8 Å². The van der Waals surface area contributed by atoms with Crippen LogP contribution in [0.15, 0.2) is 12.3 Å². The number of amides is 1. The van der Waals surface area contributed by atoms with Crippen LogP contribution in [0.5, 0.6) is 0 Å². The summed E-state index contributed by atoms with van der Waals surface area (Å²) < 4.78 is 38.0. The Balaban J connectivity index is 2.01. The number of hydrogen-bond acceptors (Lipinski definition) is 3. The van der Waals surface area contributed by atoms with Crippen molar-refractivity contribution in [2.24, 2.45) is 5.92 Å². The number of rotatable bonds is 4. The molecule has 1 aromatic rings. The molecule has 1 aromatic heterocycles. The smallest absolute Gasteiger partial charge is 0.355 e. The summed E-state index contributed by atoms with van der Waals surface area (Å²) in [5.41, 5.74) is -0.859. The molecule has 0 bridgehead atoms. The van der Waals surface area contributed by atoms with E-state index >= 15 is 0 Å². The first-order valence-corrected chi connectivity index (χ1v) is 8.34. The largest absolute Gasteiger partial charge is 0.417 e. The molecule has 0 radical (unpaired) electrons. The Morgan fingerprint density at radius 1 is 1.42 bits per heavy atom. The summed E-state index contributed by atoms with van der Waals surface area (Å²) in [6, 6.07) is 0.899. The second-order valence-electron chi connectivity index (χ2n) is 6.05. The summed E-state index contributed by atoms with van der Waals surface area (Å²) >= 11 is 5.98. The van der Waals surface area contributed by atoms with Gasteiger partial charge in [-0.15, -0.1) is 0 Å². The number of nitrogens with zero attached hydrogens (tertiary/aromatic N) is 3. The molecule has 1 fully saturated rings. The highest BCUT2D eigenvalue weighted by molar-refractivity contribution is 6.33. The van der Waals surface area contributed by atoms with Gasteiger partial charge in [-0.1, -0.05) is 18.5 Å². The van der Waals surface area contributed by atoms with Crippen molar-refractivity contribution in [1.29, 1.82) is 0 Å². The molecule has 0 spiro atoms. The van der Waals surface area contributed by atoms with Gasteiger partial charge in [0.25, 0.3) is 0 Å². The topological polar surface area (TPSA) is 36.4 Å². The Labute approximate surface area is 144 Å². The average molecular weight is 364 g/mol. The van der Waals surface area contributed by atoms with Gasteiger partial charge in [0.15, 0.2) is 0 Å². The molecule has 4 nitrogen and oxygen atoms in total. The van der Waals surface area contributed by atoms with E-state index in [2.05, 4.69) is 4.98 Å². The van der Waals surface area contributed by atoms with Crippen LogP contribution in [0.3, 0.4) is 0 Å². The zero-order chi connectivity index (χ0) is 17.9. The molecular weight excluding hydrogens is 343 g/mol. The maximum absolute atomic E-state index is 12.7. The molecule has 1 amide bonds. The van der Waals surface area contributed by atoms with Crippen LogP contribution in [-0.2, 0) is 11.0 Å². The van der Waals surface area contributed by atoms with Crippen LogP contribution in [0.25, 0.3) is 0 Å². The minimum absolute atomic E-state index is 0.0160. The van der Waals surface area contributed by atoms with Gasteiger partial charge in [0.1, 0.15) is 5.82 Å². The summed E-state index contributed by atoms with van der Waals surface area (Å²) in [7, 11) is 1.80. The molecule has 1 saturated heterocycles. The third kappa shape index (κ3) is 4.32. The van der Waals surface area contributed by atoms with Crippen molar-refractivity contribution in [3.05, 3.63) is 22.8 Å². The predicted octanol–water partition coefficient (Wildman–Crippen LogP) is 3.84. The quantitative estimate of drug-likeness (QED) is 0.815. The number of carbonyl (C=O) groups is 1. The summed E-state index contributed by atoms with van der Waals surface area (Å²) in [6.07, 6.45) is -1.46. The number of alkyl halides is 3. The van der Waals surface area contributed by atoms with Gasteiger partial charge in [-0.05, 0) is 25.3 Å². The molecule has 0 aliphatic carbocycles. The van der Waals surface area contributed by atoms with E-state index in [0.29, 0.717) is 31.7 Å². The van der Waals surface area contributed by atoms with Gasteiger partial charge in [0.05, 0.1) is 10.6 Å². The molecule has 2 rings (SSSR count). The van der Waals surface area contributed by atoms with Gasteiger partial charge in [-0.2, -0.15) is 13.2 Å². The first-order chi connectivity index (χ1) is 11.2. The van der Waals surface area contributed by atoms with E-state index < -0.39 is 11.7 Å². The standard InChI is InChI=1S/C16H21ClF3N3O/c1-3-6-22(2)15(24)11-4-7-23(8-5-11)14-13(17)9-12(10-21-14)16(18,19)20/h9-11H,3-8H2,1-2H3. The SMILES string of the molecule is CCCN(C)C(=O)C1CCN(c2ncc(C(F)(F)F)cc2Cl)CC1. The lowest BCUT2D eigenvalue weighted by Crippen LogP contribution is -2.41. The number of hydrogen-bond donors (Lipinski definition) is 0. The number of anilines is 1. The van der Waals surface area contributed by atoms with E-state index in [9.17, 15) is 18.0 Å². The lowest BCUT2D eigenvalue weighted by molar-refractivity contribution is -0.138. The van der Waals surface area contributed by atoms with Crippen molar-refractivity contribution in [1.82, 2.24) is 9.88 Å². The Kier molecular flexibility index (Phi) is 5.96. The molecule has 0 N–H and O–H groups in total. The Morgan fingerprint density at radius 3 is 2.54 bits per heavy atom. The molecule has 2 heterocycles. The summed E-state index contributed by atoms with van der Waals surface area (Å²) in [5.74, 6) is 0.423. The van der Waals surface area contributed by atoms with Crippen molar-refractivity contribution in [2.75, 3.05) is 31.6 Å². The lowest BCUT2D eigenvalue weighted by atomic mass is 9.95. The predicted molar refractivity (Wildman–Crippen MR) is 87.1 cm³/mol. The van der Waals surface area contributed by atoms with E-state index in [4.69, 9.17) is 11.6 Å². The van der Waals surface area contributed by atoms with E-state index in [0.717, 1.165) is 25.2 Å². The van der Waals surface area contributed by atoms with E-state index in [1.807, 2.05) is 11.8 Å². The van der Waals surface area contributed by atoms with Crippen LogP contribution in [-0.4, -0.2) is 42.5 Å². The maximum atomic E-state index is 12.7. The van der Waals surface area contributed by atoms with Crippen molar-refractivity contribution < 1.29 is 18.0 Å². The Hall–Kier alpha value is -1.50. The molecule has 0 atom stereocenters. The third-order valence-corrected chi connectivity index (χ3v) is 4.51. The van der Waals surface area contributed by atoms with Crippen LogP contribution in [0, 0.1) is 5.92 Å². The van der Waals surface area contributed by atoms with Crippen LogP contribution < -0.4 is 4.90 Å². The minimum Gasteiger partial charge on any atom is -0.355 e. The van der Waals surface area contributed by atoms with E-state index in [-0.39, 0.29) is 16.8 Å². The number of aromatic nitrogens is 1. The Morgan fingerprint density at radius 2 is 2.04 bits per heavy atom. The number of halogens is 4. The van der Waals surface area contributed by atoms with Gasteiger partial charge in [-0.3, -0.25) is 4.79 Å². The number of carbonyl (C=O) groups excluding carboxylic acids is 1. The second-order valence-corrected chi connectivity index (χ2v) is 6.46. The van der Waals surface area contributed by atoms with Crippen LogP contribution in [0.2, 0.25) is 5.02 Å². The van der Waals surface area contributed by atoms with Crippen molar-refractivity contribution in [2.45, 2.75) is 32.4 Å². The zero-order valence-electron chi connectivity index (χ0n) is 13.7. The minimum atomic E-state index is -4.46. The summed E-state index contributed by atoms with van der Waals surface area (Å²) in [4.78, 5) is 19.8. The summed E-state index contributed by atoms with van der Waals surface area (Å²) in [5, 5.41) is -0.0160. The Bertz CT molecular complexity index is 586. The van der Waals surface area contributed by atoms with Crippen molar-refractivity contribution in [3.8, 4) is 0 Å². The molecule has 134 valence electrons. The van der Waals surface area contributed by atoms with Gasteiger partial charge < -0.3 is 9.80 Å². The molecule has 1 aliphatic heterocycles. The summed E-state index contributed by atoms with van der Waals surface area (Å²) in [6.45, 7) is 3.85. The highest BCUT2D eigenvalue weighted by Gasteiger charge is 2.33. The highest BCUT2D eigenvalue weighted by Crippen LogP contribution is 2.34. The number of pyridine rings is 1. The van der Waals surface area contributed by atoms with E-state index in [1.54, 1.807) is 11.9 Å². The van der Waals surface area contributed by atoms with Crippen LogP contribution >= 0.6 is 11.6 Å². The molecule has 0 aromatic carbocycles. The molecule has 1 aliphatic rings. The van der Waals surface area contributed by atoms with Crippen LogP contribution in [0.4, 0.5) is 19.0 Å². The molecule has 0 saturated carbocycles. The highest BCUT2D eigenvalue weighted by atomic mass is 35.5. The van der Waals surface area contributed by atoms with Gasteiger partial charge in [-0.25, -0.2) is 4.98 Å². The monoisotopic (exact) mass is 363 g/mol. The fraction of sp³-hybridized carbons (Fsp3) is 0.625. The second kappa shape index (κ2) is 7.59. The normalized spacial score (nSPS) is 16.3. The van der Waals surface area contributed by atoms with Crippen molar-refractivity contribution >= 4 is 23.3 Å². The maximum Gasteiger partial charge on any atom is 0.417 e. The third-order valence-electron chi connectivity index (χ3n) is 4.23. The first-order valence-electron chi connectivity index (χ1n) is 7.96. The molecule has 24 heavy (non-hydrogen) atoms. The average Bonchev–Trinajstić information content (AvgIpc) is 2.53. The lowest BCUT2D eigenvalue weighted by Gasteiger charge is -2.34. The number of piperidine rings is 1. The van der Waals surface area contributed by atoms with Crippen molar-refractivity contribution in [3.63, 3.8) is 0 Å².